The van der Waals surface area contributed by atoms with E-state index >= 15 is 0 Å². The summed E-state index contributed by atoms with van der Waals surface area (Å²) in [7, 11) is 1.54. The highest BCUT2D eigenvalue weighted by Crippen LogP contribution is 2.05. The zero-order chi connectivity index (χ0) is 13.0. The molecule has 2 aromatic heterocycles. The first-order chi connectivity index (χ1) is 8.69. The molecular weight excluding hydrogens is 236 g/mol. The monoisotopic (exact) mass is 248 g/mol. The SMILES string of the molecule is CNC(=O)CNc1nc(N)nc(-n2cccn2)n1. The summed E-state index contributed by atoms with van der Waals surface area (Å²) in [4.78, 5) is 23.0. The van der Waals surface area contributed by atoms with Crippen molar-refractivity contribution in [3.05, 3.63) is 18.5 Å². The van der Waals surface area contributed by atoms with Gasteiger partial charge in [-0.25, -0.2) is 4.68 Å². The number of rotatable bonds is 4. The van der Waals surface area contributed by atoms with Gasteiger partial charge in [0.05, 0.1) is 6.54 Å². The van der Waals surface area contributed by atoms with Crippen LogP contribution in [0.15, 0.2) is 18.5 Å². The molecule has 2 rings (SSSR count). The predicted molar refractivity (Wildman–Crippen MR) is 63.9 cm³/mol. The minimum atomic E-state index is -0.186. The third-order valence-corrected chi connectivity index (χ3v) is 2.04. The van der Waals surface area contributed by atoms with Crippen LogP contribution in [0.1, 0.15) is 0 Å². The third-order valence-electron chi connectivity index (χ3n) is 2.04. The second kappa shape index (κ2) is 5.08. The van der Waals surface area contributed by atoms with Crippen molar-refractivity contribution in [2.24, 2.45) is 0 Å². The van der Waals surface area contributed by atoms with Crippen molar-refractivity contribution in [2.75, 3.05) is 24.6 Å². The fraction of sp³-hybridized carbons (Fsp3) is 0.222. The fourth-order valence-corrected chi connectivity index (χ4v) is 1.20. The molecular formula is C9H12N8O. The standard InChI is InChI=1S/C9H12N8O/c1-11-6(18)5-12-8-14-7(10)15-9(16-8)17-4-2-3-13-17/h2-4H,5H2,1H3,(H,11,18)(H3,10,12,14,15,16). The van der Waals surface area contributed by atoms with Gasteiger partial charge in [-0.2, -0.15) is 20.1 Å². The molecule has 0 bridgehead atoms. The second-order valence-corrected chi connectivity index (χ2v) is 3.29. The summed E-state index contributed by atoms with van der Waals surface area (Å²) in [5.74, 6) is 0.369. The molecule has 18 heavy (non-hydrogen) atoms. The lowest BCUT2D eigenvalue weighted by Crippen LogP contribution is -2.27. The Labute approximate surface area is 102 Å². The Balaban J connectivity index is 2.19. The third kappa shape index (κ3) is 2.70. The van der Waals surface area contributed by atoms with Gasteiger partial charge in [0.1, 0.15) is 0 Å². The van der Waals surface area contributed by atoms with Crippen LogP contribution in [0.5, 0.6) is 0 Å². The molecule has 0 unspecified atom stereocenters. The van der Waals surface area contributed by atoms with Gasteiger partial charge in [0.2, 0.25) is 17.8 Å². The average Bonchev–Trinajstić information content (AvgIpc) is 2.89. The minimum absolute atomic E-state index is 0.0508. The summed E-state index contributed by atoms with van der Waals surface area (Å²) >= 11 is 0. The van der Waals surface area contributed by atoms with E-state index in [1.54, 1.807) is 25.5 Å². The van der Waals surface area contributed by atoms with Gasteiger partial charge < -0.3 is 16.4 Å². The Bertz CT molecular complexity index is 538. The summed E-state index contributed by atoms with van der Waals surface area (Å²) in [6.07, 6.45) is 3.27. The molecule has 0 atom stereocenters. The van der Waals surface area contributed by atoms with Gasteiger partial charge in [-0.05, 0) is 6.07 Å². The lowest BCUT2D eigenvalue weighted by molar-refractivity contribution is -0.118. The summed E-state index contributed by atoms with van der Waals surface area (Å²) in [5.41, 5.74) is 5.56. The van der Waals surface area contributed by atoms with E-state index in [1.807, 2.05) is 0 Å². The van der Waals surface area contributed by atoms with Crippen molar-refractivity contribution >= 4 is 17.8 Å². The number of nitrogens with one attached hydrogen (secondary N) is 2. The van der Waals surface area contributed by atoms with Crippen LogP contribution in [0, 0.1) is 0 Å². The van der Waals surface area contributed by atoms with Gasteiger partial charge in [0.15, 0.2) is 0 Å². The number of carbonyl (C=O) groups excluding carboxylic acids is 1. The molecule has 0 fully saturated rings. The topological polar surface area (TPSA) is 124 Å². The first-order valence-electron chi connectivity index (χ1n) is 5.15. The van der Waals surface area contributed by atoms with Crippen LogP contribution < -0.4 is 16.4 Å². The van der Waals surface area contributed by atoms with Crippen LogP contribution in [0.4, 0.5) is 11.9 Å². The number of nitrogens with two attached hydrogens (primary N) is 1. The number of anilines is 2. The minimum Gasteiger partial charge on any atom is -0.368 e. The summed E-state index contributed by atoms with van der Waals surface area (Å²) in [6.45, 7) is 0.0541. The summed E-state index contributed by atoms with van der Waals surface area (Å²) in [6, 6.07) is 1.73. The number of amides is 1. The summed E-state index contributed by atoms with van der Waals surface area (Å²) < 4.78 is 1.45. The number of hydrogen-bond acceptors (Lipinski definition) is 7. The zero-order valence-corrected chi connectivity index (χ0v) is 9.66. The normalized spacial score (nSPS) is 10.1. The molecule has 0 saturated heterocycles. The van der Waals surface area contributed by atoms with E-state index in [2.05, 4.69) is 30.7 Å². The predicted octanol–water partition coefficient (Wildman–Crippen LogP) is -1.20. The van der Waals surface area contributed by atoms with E-state index in [-0.39, 0.29) is 30.3 Å². The van der Waals surface area contributed by atoms with E-state index in [4.69, 9.17) is 5.73 Å². The first-order valence-corrected chi connectivity index (χ1v) is 5.15. The van der Waals surface area contributed by atoms with Crippen molar-refractivity contribution in [1.82, 2.24) is 30.0 Å². The zero-order valence-electron chi connectivity index (χ0n) is 9.66. The largest absolute Gasteiger partial charge is 0.368 e. The van der Waals surface area contributed by atoms with E-state index in [9.17, 15) is 4.79 Å². The molecule has 9 nitrogen and oxygen atoms in total. The quantitative estimate of drug-likeness (QED) is 0.620. The van der Waals surface area contributed by atoms with Gasteiger partial charge in [0.25, 0.3) is 5.95 Å². The van der Waals surface area contributed by atoms with Crippen LogP contribution in [-0.2, 0) is 4.79 Å². The molecule has 0 spiro atoms. The molecule has 0 aliphatic rings. The fourth-order valence-electron chi connectivity index (χ4n) is 1.20. The van der Waals surface area contributed by atoms with Crippen molar-refractivity contribution < 1.29 is 4.79 Å². The van der Waals surface area contributed by atoms with Gasteiger partial charge in [-0.1, -0.05) is 0 Å². The van der Waals surface area contributed by atoms with Gasteiger partial charge >= 0.3 is 0 Å². The number of nitrogens with zero attached hydrogens (tertiary/aromatic N) is 5. The second-order valence-electron chi connectivity index (χ2n) is 3.29. The maximum Gasteiger partial charge on any atom is 0.257 e. The molecule has 0 radical (unpaired) electrons. The van der Waals surface area contributed by atoms with Crippen molar-refractivity contribution in [2.45, 2.75) is 0 Å². The van der Waals surface area contributed by atoms with E-state index in [0.29, 0.717) is 0 Å². The van der Waals surface area contributed by atoms with Gasteiger partial charge in [0, 0.05) is 19.4 Å². The van der Waals surface area contributed by atoms with Crippen LogP contribution in [0.2, 0.25) is 0 Å². The number of nitrogen functional groups attached to an aromatic ring is 1. The molecule has 2 aromatic rings. The molecule has 0 aromatic carbocycles. The Morgan fingerprint density at radius 2 is 2.28 bits per heavy atom. The molecule has 1 amide bonds. The van der Waals surface area contributed by atoms with Gasteiger partial charge in [-0.15, -0.1) is 0 Å². The van der Waals surface area contributed by atoms with Gasteiger partial charge in [-0.3, -0.25) is 4.79 Å². The molecule has 0 saturated carbocycles. The van der Waals surface area contributed by atoms with Crippen LogP contribution in [0.3, 0.4) is 0 Å². The molecule has 2 heterocycles. The molecule has 94 valence electrons. The van der Waals surface area contributed by atoms with Crippen molar-refractivity contribution in [3.63, 3.8) is 0 Å². The molecule has 0 aliphatic heterocycles. The number of aromatic nitrogens is 5. The summed E-state index contributed by atoms with van der Waals surface area (Å²) in [5, 5.41) is 9.20. The smallest absolute Gasteiger partial charge is 0.257 e. The lowest BCUT2D eigenvalue weighted by atomic mass is 10.6. The molecule has 0 aliphatic carbocycles. The Morgan fingerprint density at radius 1 is 1.44 bits per heavy atom. The Hall–Kier alpha value is -2.71. The van der Waals surface area contributed by atoms with Crippen LogP contribution >= 0.6 is 0 Å². The first kappa shape index (κ1) is 11.8. The Morgan fingerprint density at radius 3 is 2.94 bits per heavy atom. The van der Waals surface area contributed by atoms with E-state index in [0.717, 1.165) is 0 Å². The van der Waals surface area contributed by atoms with E-state index in [1.165, 1.54) is 4.68 Å². The van der Waals surface area contributed by atoms with E-state index < -0.39 is 0 Å². The molecule has 4 N–H and O–H groups in total. The molecule has 9 heteroatoms. The van der Waals surface area contributed by atoms with Crippen LogP contribution in [0.25, 0.3) is 5.95 Å². The number of likely N-dealkylation sites (N-methyl/N-ethyl adjacent to an activating group) is 1. The maximum atomic E-state index is 11.1. The lowest BCUT2D eigenvalue weighted by Gasteiger charge is -2.06. The maximum absolute atomic E-state index is 11.1. The highest BCUT2D eigenvalue weighted by atomic mass is 16.1. The number of hydrogen-bond donors (Lipinski definition) is 3. The van der Waals surface area contributed by atoms with Crippen LogP contribution in [-0.4, -0.2) is 44.2 Å². The highest BCUT2D eigenvalue weighted by molar-refractivity contribution is 5.79. The number of carbonyl (C=O) groups is 1. The van der Waals surface area contributed by atoms with Crippen molar-refractivity contribution in [3.8, 4) is 5.95 Å². The Kier molecular flexibility index (Phi) is 3.32. The highest BCUT2D eigenvalue weighted by Gasteiger charge is 2.07. The van der Waals surface area contributed by atoms with Crippen molar-refractivity contribution in [1.29, 1.82) is 0 Å². The average molecular weight is 248 g/mol.